The quantitative estimate of drug-likeness (QED) is 0.450. The first kappa shape index (κ1) is 24.9. The van der Waals surface area contributed by atoms with Crippen molar-refractivity contribution in [1.82, 2.24) is 14.7 Å². The molecule has 0 bridgehead atoms. The second-order valence-electron chi connectivity index (χ2n) is 8.00. The number of likely N-dealkylation sites (tertiary alicyclic amines) is 1. The van der Waals surface area contributed by atoms with Crippen molar-refractivity contribution in [2.45, 2.75) is 31.2 Å². The zero-order valence-corrected chi connectivity index (χ0v) is 19.2. The summed E-state index contributed by atoms with van der Waals surface area (Å²) in [6.45, 7) is 4.53. The third kappa shape index (κ3) is 6.65. The fourth-order valence-electron chi connectivity index (χ4n) is 4.04. The van der Waals surface area contributed by atoms with E-state index in [9.17, 15) is 24.5 Å². The van der Waals surface area contributed by atoms with Crippen molar-refractivity contribution in [2.75, 3.05) is 45.9 Å². The van der Waals surface area contributed by atoms with Gasteiger partial charge in [-0.1, -0.05) is 11.8 Å². The largest absolute Gasteiger partial charge is 0.445 e. The van der Waals surface area contributed by atoms with Gasteiger partial charge >= 0.3 is 6.09 Å². The molecule has 180 valence electrons. The first-order valence-corrected chi connectivity index (χ1v) is 11.6. The van der Waals surface area contributed by atoms with Crippen LogP contribution in [0.25, 0.3) is 0 Å². The molecule has 0 unspecified atom stereocenters. The van der Waals surface area contributed by atoms with E-state index in [0.717, 1.165) is 11.8 Å². The van der Waals surface area contributed by atoms with Crippen molar-refractivity contribution in [2.24, 2.45) is 0 Å². The molecule has 11 nitrogen and oxygen atoms in total. The fourth-order valence-corrected chi connectivity index (χ4v) is 5.02. The minimum absolute atomic E-state index is 0.0570. The van der Waals surface area contributed by atoms with E-state index in [2.05, 4.69) is 4.90 Å². The highest BCUT2D eigenvalue weighted by Gasteiger charge is 2.43. The summed E-state index contributed by atoms with van der Waals surface area (Å²) in [4.78, 5) is 53.1. The molecular formula is C21H28N4O7S. The van der Waals surface area contributed by atoms with E-state index in [1.807, 2.05) is 0 Å². The predicted molar refractivity (Wildman–Crippen MR) is 121 cm³/mol. The van der Waals surface area contributed by atoms with Crippen molar-refractivity contribution in [3.8, 4) is 0 Å². The number of amides is 2. The third-order valence-electron chi connectivity index (χ3n) is 5.72. The first-order chi connectivity index (χ1) is 15.8. The van der Waals surface area contributed by atoms with E-state index < -0.39 is 17.1 Å². The molecule has 0 aliphatic carbocycles. The maximum Gasteiger partial charge on any atom is 0.410 e. The van der Waals surface area contributed by atoms with E-state index in [4.69, 9.17) is 9.84 Å². The molecule has 12 heteroatoms. The van der Waals surface area contributed by atoms with Gasteiger partial charge < -0.3 is 14.7 Å². The van der Waals surface area contributed by atoms with Crippen molar-refractivity contribution >= 4 is 34.6 Å². The number of aliphatic hydroxyl groups excluding tert-OH is 1. The van der Waals surface area contributed by atoms with Crippen LogP contribution in [0.2, 0.25) is 0 Å². The Morgan fingerprint density at radius 2 is 1.85 bits per heavy atom. The molecule has 3 rings (SSSR count). The maximum absolute atomic E-state index is 13.2. The van der Waals surface area contributed by atoms with Crippen LogP contribution >= 0.6 is 11.8 Å². The van der Waals surface area contributed by atoms with Crippen LogP contribution in [-0.4, -0.2) is 99.0 Å². The van der Waals surface area contributed by atoms with Gasteiger partial charge in [-0.15, -0.1) is 0 Å². The van der Waals surface area contributed by atoms with Crippen LogP contribution in [-0.2, 0) is 20.9 Å². The topological polar surface area (TPSA) is 134 Å². The number of thioether (sulfide) groups is 1. The first-order valence-electron chi connectivity index (χ1n) is 10.7. The standard InChI is InChI=1S/C21H28N4O7S/c1-15(27)33-18-12-19(20(28)23-8-6-22(7-9-23)10-11-26)24(13-18)21(29)32-14-16-2-4-17(5-3-16)25(30)31/h2-5,18-19,26H,6-14H2,1H3/t18-,19-/m0/s1. The lowest BCUT2D eigenvalue weighted by Gasteiger charge is -2.36. The van der Waals surface area contributed by atoms with Crippen LogP contribution in [0.4, 0.5) is 10.5 Å². The Labute approximate surface area is 195 Å². The van der Waals surface area contributed by atoms with Crippen molar-refractivity contribution in [3.05, 3.63) is 39.9 Å². The molecule has 2 saturated heterocycles. The number of hydrogen-bond donors (Lipinski definition) is 1. The Morgan fingerprint density at radius 1 is 1.18 bits per heavy atom. The summed E-state index contributed by atoms with van der Waals surface area (Å²) in [7, 11) is 0. The monoisotopic (exact) mass is 480 g/mol. The zero-order chi connectivity index (χ0) is 24.0. The van der Waals surface area contributed by atoms with E-state index in [1.54, 1.807) is 4.90 Å². The van der Waals surface area contributed by atoms with Gasteiger partial charge in [0.1, 0.15) is 12.6 Å². The molecule has 2 fully saturated rings. The third-order valence-corrected chi connectivity index (χ3v) is 6.73. The van der Waals surface area contributed by atoms with E-state index >= 15 is 0 Å². The SMILES string of the molecule is CC(=O)S[C@H]1C[C@@H](C(=O)N2CCN(CCO)CC2)N(C(=O)OCc2ccc([N+](=O)[O-])cc2)C1. The Bertz CT molecular complexity index is 874. The molecule has 1 N–H and O–H groups in total. The van der Waals surface area contributed by atoms with Crippen LogP contribution in [0.1, 0.15) is 18.9 Å². The number of aliphatic hydroxyl groups is 1. The van der Waals surface area contributed by atoms with Gasteiger partial charge in [0.2, 0.25) is 5.91 Å². The lowest BCUT2D eigenvalue weighted by atomic mass is 10.1. The Balaban J connectivity index is 1.63. The van der Waals surface area contributed by atoms with Crippen LogP contribution in [0.3, 0.4) is 0 Å². The second kappa shape index (κ2) is 11.4. The minimum atomic E-state index is -0.712. The van der Waals surface area contributed by atoms with Crippen molar-refractivity contribution < 1.29 is 29.2 Å². The number of benzene rings is 1. The predicted octanol–water partition coefficient (Wildman–Crippen LogP) is 1.09. The van der Waals surface area contributed by atoms with E-state index in [1.165, 1.54) is 36.1 Å². The number of nitro groups is 1. The van der Waals surface area contributed by atoms with Crippen LogP contribution < -0.4 is 0 Å². The lowest BCUT2D eigenvalue weighted by Crippen LogP contribution is -2.54. The van der Waals surface area contributed by atoms with Crippen molar-refractivity contribution in [3.63, 3.8) is 0 Å². The molecule has 0 spiro atoms. The van der Waals surface area contributed by atoms with Crippen molar-refractivity contribution in [1.29, 1.82) is 0 Å². The summed E-state index contributed by atoms with van der Waals surface area (Å²) in [5.74, 6) is -0.169. The molecule has 2 heterocycles. The second-order valence-corrected chi connectivity index (χ2v) is 9.48. The molecule has 0 saturated carbocycles. The number of nitrogens with zero attached hydrogens (tertiary/aromatic N) is 4. The smallest absolute Gasteiger partial charge is 0.410 e. The van der Waals surface area contributed by atoms with Crippen LogP contribution in [0.5, 0.6) is 0 Å². The van der Waals surface area contributed by atoms with Gasteiger partial charge in [0, 0.05) is 63.6 Å². The summed E-state index contributed by atoms with van der Waals surface area (Å²) >= 11 is 1.12. The summed E-state index contributed by atoms with van der Waals surface area (Å²) in [6, 6.07) is 4.98. The molecule has 2 aliphatic heterocycles. The molecule has 0 radical (unpaired) electrons. The number of carbonyl (C=O) groups is 3. The Hall–Kier alpha value is -2.70. The van der Waals surface area contributed by atoms with Gasteiger partial charge in [0.05, 0.1) is 11.5 Å². The van der Waals surface area contributed by atoms with Gasteiger partial charge in [-0.05, 0) is 24.1 Å². The molecule has 1 aromatic rings. The molecule has 2 atom stereocenters. The zero-order valence-electron chi connectivity index (χ0n) is 18.4. The van der Waals surface area contributed by atoms with Crippen LogP contribution in [0, 0.1) is 10.1 Å². The summed E-state index contributed by atoms with van der Waals surface area (Å²) in [5, 5.41) is 19.6. The number of nitro benzene ring substituents is 1. The lowest BCUT2D eigenvalue weighted by molar-refractivity contribution is -0.384. The molecule has 1 aromatic carbocycles. The summed E-state index contributed by atoms with van der Waals surface area (Å²) in [5.41, 5.74) is 0.532. The number of rotatable bonds is 7. The number of carbonyl (C=O) groups excluding carboxylic acids is 3. The Morgan fingerprint density at radius 3 is 2.42 bits per heavy atom. The van der Waals surface area contributed by atoms with E-state index in [0.29, 0.717) is 44.7 Å². The van der Waals surface area contributed by atoms with Crippen LogP contribution in [0.15, 0.2) is 24.3 Å². The highest BCUT2D eigenvalue weighted by molar-refractivity contribution is 8.14. The van der Waals surface area contributed by atoms with Gasteiger partial charge in [-0.3, -0.25) is 29.5 Å². The summed E-state index contributed by atoms with van der Waals surface area (Å²) in [6.07, 6.45) is -0.288. The average molecular weight is 481 g/mol. The normalized spacial score (nSPS) is 21.2. The summed E-state index contributed by atoms with van der Waals surface area (Å²) < 4.78 is 5.40. The maximum atomic E-state index is 13.2. The molecule has 33 heavy (non-hydrogen) atoms. The number of piperazine rings is 1. The van der Waals surface area contributed by atoms with Gasteiger partial charge in [-0.2, -0.15) is 0 Å². The average Bonchev–Trinajstić information content (AvgIpc) is 3.21. The number of ether oxygens (including phenoxy) is 1. The number of hydrogen-bond acceptors (Lipinski definition) is 9. The van der Waals surface area contributed by atoms with Gasteiger partial charge in [-0.25, -0.2) is 4.79 Å². The molecule has 0 aromatic heterocycles. The number of β-amino-alcohol motifs (C(OH)–C–C–N with tert-alkyl or cyclic N) is 1. The molecular weight excluding hydrogens is 452 g/mol. The van der Waals surface area contributed by atoms with Gasteiger partial charge in [0.15, 0.2) is 5.12 Å². The molecule has 2 amide bonds. The number of non-ortho nitro benzene ring substituents is 1. The van der Waals surface area contributed by atoms with Gasteiger partial charge in [0.25, 0.3) is 5.69 Å². The highest BCUT2D eigenvalue weighted by atomic mass is 32.2. The Kier molecular flexibility index (Phi) is 8.64. The minimum Gasteiger partial charge on any atom is -0.445 e. The van der Waals surface area contributed by atoms with E-state index in [-0.39, 0.29) is 41.7 Å². The highest BCUT2D eigenvalue weighted by Crippen LogP contribution is 2.30. The fraction of sp³-hybridized carbons (Fsp3) is 0.571. The molecule has 2 aliphatic rings.